The minimum atomic E-state index is -3.12. The summed E-state index contributed by atoms with van der Waals surface area (Å²) < 4.78 is 24.1. The summed E-state index contributed by atoms with van der Waals surface area (Å²) >= 11 is 13.8. The molecule has 2 fully saturated rings. The Kier molecular flexibility index (Phi) is 5.40. The standard InChI is InChI=1S/C16H18Cl2N2O3S2/c1-3-9(2)15(21)19-16-20(11-6-4-5-10(17)14(11)18)12-7-25(22,23)8-13(12)24-16/h4-6,9,12-13H,3,7-8H2,1-2H3/t9-,12+,13-/m0/s1. The first-order chi connectivity index (χ1) is 11.7. The third-order valence-electron chi connectivity index (χ3n) is 4.50. The molecule has 0 aromatic heterocycles. The van der Waals surface area contributed by atoms with Crippen molar-refractivity contribution in [1.29, 1.82) is 0 Å². The number of carbonyl (C=O) groups is 1. The number of amides is 1. The Labute approximate surface area is 161 Å². The van der Waals surface area contributed by atoms with Crippen LogP contribution in [0.25, 0.3) is 0 Å². The SMILES string of the molecule is CC[C@H](C)C(=O)N=C1S[C@H]2CS(=O)(=O)C[C@H]2N1c1cccc(Cl)c1Cl. The lowest BCUT2D eigenvalue weighted by molar-refractivity contribution is -0.121. The predicted molar refractivity (Wildman–Crippen MR) is 105 cm³/mol. The third-order valence-corrected chi connectivity index (χ3v) is 8.52. The number of benzene rings is 1. The van der Waals surface area contributed by atoms with E-state index in [1.54, 1.807) is 23.1 Å². The lowest BCUT2D eigenvalue weighted by atomic mass is 10.1. The Balaban J connectivity index is 2.06. The fourth-order valence-electron chi connectivity index (χ4n) is 2.90. The number of amidine groups is 1. The molecule has 0 bridgehead atoms. The average molecular weight is 421 g/mol. The zero-order valence-electron chi connectivity index (χ0n) is 13.8. The number of nitrogens with zero attached hydrogens (tertiary/aromatic N) is 2. The van der Waals surface area contributed by atoms with Crippen molar-refractivity contribution < 1.29 is 13.2 Å². The van der Waals surface area contributed by atoms with E-state index in [9.17, 15) is 13.2 Å². The first-order valence-corrected chi connectivity index (χ1v) is 11.4. The number of hydrogen-bond donors (Lipinski definition) is 0. The van der Waals surface area contributed by atoms with E-state index >= 15 is 0 Å². The Morgan fingerprint density at radius 3 is 2.80 bits per heavy atom. The van der Waals surface area contributed by atoms with Crippen LogP contribution in [0.4, 0.5) is 5.69 Å². The third kappa shape index (κ3) is 3.70. The molecule has 25 heavy (non-hydrogen) atoms. The smallest absolute Gasteiger partial charge is 0.250 e. The van der Waals surface area contributed by atoms with E-state index in [1.807, 2.05) is 13.8 Å². The summed E-state index contributed by atoms with van der Waals surface area (Å²) in [6.45, 7) is 3.76. The summed E-state index contributed by atoms with van der Waals surface area (Å²) in [6, 6.07) is 4.89. The maximum Gasteiger partial charge on any atom is 0.250 e. The van der Waals surface area contributed by atoms with Gasteiger partial charge in [-0.15, -0.1) is 0 Å². The molecule has 0 N–H and O–H groups in total. The van der Waals surface area contributed by atoms with Crippen LogP contribution >= 0.6 is 35.0 Å². The van der Waals surface area contributed by atoms with Crippen molar-refractivity contribution in [1.82, 2.24) is 0 Å². The Hall–Kier alpha value is -0.760. The number of anilines is 1. The number of halogens is 2. The van der Waals surface area contributed by atoms with Gasteiger partial charge in [0.2, 0.25) is 0 Å². The molecular formula is C16H18Cl2N2O3S2. The molecular weight excluding hydrogens is 403 g/mol. The Morgan fingerprint density at radius 1 is 1.40 bits per heavy atom. The second-order valence-corrected chi connectivity index (χ2v) is 10.4. The Morgan fingerprint density at radius 2 is 2.12 bits per heavy atom. The van der Waals surface area contributed by atoms with Gasteiger partial charge in [-0.05, 0) is 18.6 Å². The first kappa shape index (κ1) is 19.0. The first-order valence-electron chi connectivity index (χ1n) is 7.96. The molecule has 2 aliphatic rings. The molecule has 0 spiro atoms. The van der Waals surface area contributed by atoms with Crippen molar-refractivity contribution in [2.75, 3.05) is 16.4 Å². The van der Waals surface area contributed by atoms with Crippen LogP contribution in [0.15, 0.2) is 23.2 Å². The molecule has 0 saturated carbocycles. The predicted octanol–water partition coefficient (Wildman–Crippen LogP) is 3.64. The topological polar surface area (TPSA) is 66.8 Å². The summed E-state index contributed by atoms with van der Waals surface area (Å²) in [6.07, 6.45) is 0.694. The number of rotatable bonds is 3. The van der Waals surface area contributed by atoms with Gasteiger partial charge < -0.3 is 4.90 Å². The van der Waals surface area contributed by atoms with Crippen LogP contribution in [0.2, 0.25) is 10.0 Å². The maximum absolute atomic E-state index is 12.3. The van der Waals surface area contributed by atoms with Crippen molar-refractivity contribution in [3.63, 3.8) is 0 Å². The van der Waals surface area contributed by atoms with Crippen LogP contribution in [0.3, 0.4) is 0 Å². The molecule has 3 rings (SSSR count). The number of thioether (sulfide) groups is 1. The fourth-order valence-corrected chi connectivity index (χ4v) is 7.20. The number of aliphatic imine (C=N–C) groups is 1. The number of fused-ring (bicyclic) bond motifs is 1. The van der Waals surface area contributed by atoms with Gasteiger partial charge in [-0.25, -0.2) is 8.42 Å². The molecule has 0 aliphatic carbocycles. The molecule has 3 atom stereocenters. The average Bonchev–Trinajstić information content (AvgIpc) is 3.00. The second-order valence-electron chi connectivity index (χ2n) is 6.29. The molecule has 2 heterocycles. The quantitative estimate of drug-likeness (QED) is 0.746. The zero-order valence-corrected chi connectivity index (χ0v) is 16.9. The highest BCUT2D eigenvalue weighted by Crippen LogP contribution is 2.44. The maximum atomic E-state index is 12.3. The summed E-state index contributed by atoms with van der Waals surface area (Å²) in [5.74, 6) is -0.303. The summed E-state index contributed by atoms with van der Waals surface area (Å²) in [5.41, 5.74) is 0.585. The van der Waals surface area contributed by atoms with E-state index in [0.717, 1.165) is 0 Å². The van der Waals surface area contributed by atoms with Crippen LogP contribution in [-0.2, 0) is 14.6 Å². The lowest BCUT2D eigenvalue weighted by Gasteiger charge is -2.26. The van der Waals surface area contributed by atoms with Gasteiger partial charge in [0.1, 0.15) is 0 Å². The van der Waals surface area contributed by atoms with Crippen LogP contribution < -0.4 is 4.90 Å². The lowest BCUT2D eigenvalue weighted by Crippen LogP contribution is -2.38. The molecule has 9 heteroatoms. The van der Waals surface area contributed by atoms with Gasteiger partial charge in [0.05, 0.1) is 33.3 Å². The summed E-state index contributed by atoms with van der Waals surface area (Å²) in [7, 11) is -3.12. The number of sulfone groups is 1. The van der Waals surface area contributed by atoms with E-state index in [1.165, 1.54) is 11.8 Å². The zero-order chi connectivity index (χ0) is 18.4. The van der Waals surface area contributed by atoms with Crippen LogP contribution in [0.5, 0.6) is 0 Å². The van der Waals surface area contributed by atoms with Crippen molar-refractivity contribution in [3.05, 3.63) is 28.2 Å². The molecule has 5 nitrogen and oxygen atoms in total. The number of carbonyl (C=O) groups excluding carboxylic acids is 1. The van der Waals surface area contributed by atoms with Gasteiger partial charge in [0, 0.05) is 11.2 Å². The van der Waals surface area contributed by atoms with Gasteiger partial charge in [-0.2, -0.15) is 4.99 Å². The second kappa shape index (κ2) is 7.10. The van der Waals surface area contributed by atoms with Crippen molar-refractivity contribution in [3.8, 4) is 0 Å². The minimum absolute atomic E-state index is 0.0179. The van der Waals surface area contributed by atoms with Gasteiger partial charge in [-0.3, -0.25) is 4.79 Å². The van der Waals surface area contributed by atoms with Gasteiger partial charge in [0.15, 0.2) is 15.0 Å². The minimum Gasteiger partial charge on any atom is -0.314 e. The van der Waals surface area contributed by atoms with Gasteiger partial charge in [-0.1, -0.05) is 54.9 Å². The van der Waals surface area contributed by atoms with Crippen molar-refractivity contribution in [2.24, 2.45) is 10.9 Å². The molecule has 1 amide bonds. The van der Waals surface area contributed by atoms with Crippen molar-refractivity contribution >= 4 is 61.6 Å². The summed E-state index contributed by atoms with van der Waals surface area (Å²) in [4.78, 5) is 18.3. The van der Waals surface area contributed by atoms with Crippen LogP contribution in [0.1, 0.15) is 20.3 Å². The molecule has 1 aromatic rings. The molecule has 136 valence electrons. The summed E-state index contributed by atoms with van der Waals surface area (Å²) in [5, 5.41) is 1.04. The van der Waals surface area contributed by atoms with Crippen LogP contribution in [-0.4, -0.2) is 42.3 Å². The largest absolute Gasteiger partial charge is 0.314 e. The van der Waals surface area contributed by atoms with E-state index in [0.29, 0.717) is 27.3 Å². The van der Waals surface area contributed by atoms with Crippen LogP contribution in [0, 0.1) is 5.92 Å². The molecule has 2 saturated heterocycles. The highest BCUT2D eigenvalue weighted by Gasteiger charge is 2.50. The fraction of sp³-hybridized carbons (Fsp3) is 0.500. The normalized spacial score (nSPS) is 27.5. The monoisotopic (exact) mass is 420 g/mol. The van der Waals surface area contributed by atoms with Gasteiger partial charge >= 0.3 is 0 Å². The molecule has 1 aromatic carbocycles. The van der Waals surface area contributed by atoms with E-state index < -0.39 is 9.84 Å². The molecule has 0 unspecified atom stereocenters. The van der Waals surface area contributed by atoms with Gasteiger partial charge in [0.25, 0.3) is 5.91 Å². The number of hydrogen-bond acceptors (Lipinski definition) is 4. The molecule has 2 aliphatic heterocycles. The van der Waals surface area contributed by atoms with E-state index in [2.05, 4.69) is 4.99 Å². The molecule has 0 radical (unpaired) electrons. The Bertz CT molecular complexity index is 842. The van der Waals surface area contributed by atoms with E-state index in [-0.39, 0.29) is 34.6 Å². The van der Waals surface area contributed by atoms with Crippen molar-refractivity contribution in [2.45, 2.75) is 31.6 Å². The highest BCUT2D eigenvalue weighted by atomic mass is 35.5. The van der Waals surface area contributed by atoms with E-state index in [4.69, 9.17) is 23.2 Å². The highest BCUT2D eigenvalue weighted by molar-refractivity contribution is 8.16.